The van der Waals surface area contributed by atoms with Gasteiger partial charge in [-0.2, -0.15) is 0 Å². The van der Waals surface area contributed by atoms with Crippen LogP contribution in [0, 0.1) is 0 Å². The SMILES string of the molecule is CCCN1C(=O)/C(=C/c2cc(Cl)c3c(c2)OCO3)SC1=S. The van der Waals surface area contributed by atoms with Gasteiger partial charge in [-0.15, -0.1) is 0 Å². The highest BCUT2D eigenvalue weighted by molar-refractivity contribution is 8.26. The van der Waals surface area contributed by atoms with Crippen LogP contribution >= 0.6 is 35.6 Å². The van der Waals surface area contributed by atoms with Gasteiger partial charge in [-0.25, -0.2) is 0 Å². The molecule has 2 aliphatic heterocycles. The van der Waals surface area contributed by atoms with Gasteiger partial charge in [0.25, 0.3) is 5.91 Å². The fraction of sp³-hybridized carbons (Fsp3) is 0.286. The van der Waals surface area contributed by atoms with Crippen molar-refractivity contribution in [3.8, 4) is 11.5 Å². The van der Waals surface area contributed by atoms with Gasteiger partial charge in [0.05, 0.1) is 9.93 Å². The van der Waals surface area contributed by atoms with Crippen LogP contribution in [-0.2, 0) is 4.79 Å². The molecule has 0 saturated carbocycles. The van der Waals surface area contributed by atoms with E-state index in [9.17, 15) is 4.79 Å². The molecule has 1 fully saturated rings. The van der Waals surface area contributed by atoms with Gasteiger partial charge in [0.2, 0.25) is 6.79 Å². The standard InChI is InChI=1S/C14H12ClNO3S2/c1-2-3-16-13(17)11(21-14(16)20)6-8-4-9(15)12-10(5-8)18-7-19-12/h4-6H,2-3,7H2,1H3/b11-6-. The number of amides is 1. The lowest BCUT2D eigenvalue weighted by atomic mass is 10.2. The maximum absolute atomic E-state index is 12.3. The van der Waals surface area contributed by atoms with E-state index in [2.05, 4.69) is 0 Å². The fourth-order valence-corrected chi connectivity index (χ4v) is 3.72. The van der Waals surface area contributed by atoms with E-state index in [1.54, 1.807) is 23.1 Å². The third kappa shape index (κ3) is 2.75. The van der Waals surface area contributed by atoms with Crippen LogP contribution in [0.1, 0.15) is 18.9 Å². The summed E-state index contributed by atoms with van der Waals surface area (Å²) in [6.45, 7) is 2.82. The van der Waals surface area contributed by atoms with Crippen LogP contribution in [0.4, 0.5) is 0 Å². The molecule has 0 aromatic heterocycles. The van der Waals surface area contributed by atoms with E-state index in [-0.39, 0.29) is 12.7 Å². The molecule has 1 aromatic rings. The van der Waals surface area contributed by atoms with Crippen molar-refractivity contribution in [3.63, 3.8) is 0 Å². The van der Waals surface area contributed by atoms with Crippen LogP contribution in [-0.4, -0.2) is 28.5 Å². The minimum atomic E-state index is -0.0550. The first-order valence-corrected chi connectivity index (χ1v) is 8.05. The van der Waals surface area contributed by atoms with Gasteiger partial charge in [-0.05, 0) is 30.2 Å². The van der Waals surface area contributed by atoms with Crippen LogP contribution in [0.15, 0.2) is 17.0 Å². The van der Waals surface area contributed by atoms with E-state index < -0.39 is 0 Å². The zero-order valence-corrected chi connectivity index (χ0v) is 13.6. The lowest BCUT2D eigenvalue weighted by Crippen LogP contribution is -2.28. The van der Waals surface area contributed by atoms with Gasteiger partial charge >= 0.3 is 0 Å². The quantitative estimate of drug-likeness (QED) is 0.619. The van der Waals surface area contributed by atoms with E-state index >= 15 is 0 Å². The Morgan fingerprint density at radius 1 is 1.48 bits per heavy atom. The number of thiocarbonyl (C=S) groups is 1. The third-order valence-electron chi connectivity index (χ3n) is 3.07. The van der Waals surface area contributed by atoms with Gasteiger partial charge in [0, 0.05) is 6.54 Å². The zero-order valence-electron chi connectivity index (χ0n) is 11.2. The van der Waals surface area contributed by atoms with E-state index in [0.29, 0.717) is 32.3 Å². The van der Waals surface area contributed by atoms with Gasteiger partial charge in [-0.1, -0.05) is 42.5 Å². The summed E-state index contributed by atoms with van der Waals surface area (Å²) in [5.41, 5.74) is 0.793. The number of nitrogens with zero attached hydrogens (tertiary/aromatic N) is 1. The van der Waals surface area contributed by atoms with Gasteiger partial charge in [0.15, 0.2) is 11.5 Å². The molecule has 3 rings (SSSR count). The highest BCUT2D eigenvalue weighted by atomic mass is 35.5. The summed E-state index contributed by atoms with van der Waals surface area (Å²) in [6.07, 6.45) is 2.65. The first-order chi connectivity index (χ1) is 10.1. The van der Waals surface area contributed by atoms with Gasteiger partial charge in [0.1, 0.15) is 4.32 Å². The van der Waals surface area contributed by atoms with E-state index in [1.807, 2.05) is 6.92 Å². The molecule has 2 aliphatic rings. The molecule has 4 nitrogen and oxygen atoms in total. The summed E-state index contributed by atoms with van der Waals surface area (Å²) in [5.74, 6) is 1.09. The number of ether oxygens (including phenoxy) is 2. The predicted molar refractivity (Wildman–Crippen MR) is 87.7 cm³/mol. The summed E-state index contributed by atoms with van der Waals surface area (Å²) in [7, 11) is 0. The summed E-state index contributed by atoms with van der Waals surface area (Å²) >= 11 is 12.7. The van der Waals surface area contributed by atoms with Crippen LogP contribution in [0.2, 0.25) is 5.02 Å². The Hall–Kier alpha value is -1.24. The highest BCUT2D eigenvalue weighted by Gasteiger charge is 2.31. The molecular weight excluding hydrogens is 330 g/mol. The van der Waals surface area contributed by atoms with Crippen molar-refractivity contribution >= 4 is 51.9 Å². The second-order valence-corrected chi connectivity index (χ2v) is 6.65. The molecule has 0 aliphatic carbocycles. The minimum absolute atomic E-state index is 0.0550. The van der Waals surface area contributed by atoms with E-state index in [1.165, 1.54) is 11.8 Å². The Morgan fingerprint density at radius 3 is 3.05 bits per heavy atom. The number of halogens is 1. The minimum Gasteiger partial charge on any atom is -0.454 e. The smallest absolute Gasteiger partial charge is 0.266 e. The fourth-order valence-electron chi connectivity index (χ4n) is 2.14. The average molecular weight is 342 g/mol. The first-order valence-electron chi connectivity index (χ1n) is 6.44. The highest BCUT2D eigenvalue weighted by Crippen LogP contribution is 2.41. The lowest BCUT2D eigenvalue weighted by molar-refractivity contribution is -0.122. The number of hydrogen-bond donors (Lipinski definition) is 0. The Morgan fingerprint density at radius 2 is 2.29 bits per heavy atom. The topological polar surface area (TPSA) is 38.8 Å². The Labute approximate surface area is 137 Å². The number of thioether (sulfide) groups is 1. The summed E-state index contributed by atoms with van der Waals surface area (Å²) in [4.78, 5) is 14.5. The molecule has 0 unspecified atom stereocenters. The molecule has 0 atom stereocenters. The summed E-state index contributed by atoms with van der Waals surface area (Å²) in [5, 5.41) is 0.472. The summed E-state index contributed by atoms with van der Waals surface area (Å²) in [6, 6.07) is 3.56. The Balaban J connectivity index is 1.91. The van der Waals surface area contributed by atoms with Crippen molar-refractivity contribution < 1.29 is 14.3 Å². The largest absolute Gasteiger partial charge is 0.454 e. The maximum Gasteiger partial charge on any atom is 0.266 e. The number of carbonyl (C=O) groups excluding carboxylic acids is 1. The van der Waals surface area contributed by atoms with Gasteiger partial charge in [-0.3, -0.25) is 9.69 Å². The molecule has 1 aromatic carbocycles. The molecule has 1 amide bonds. The summed E-state index contributed by atoms with van der Waals surface area (Å²) < 4.78 is 11.2. The number of rotatable bonds is 3. The normalized spacial score (nSPS) is 19.0. The number of benzene rings is 1. The van der Waals surface area contributed by atoms with Crippen LogP contribution in [0.5, 0.6) is 11.5 Å². The van der Waals surface area contributed by atoms with Gasteiger partial charge < -0.3 is 9.47 Å². The van der Waals surface area contributed by atoms with Crippen LogP contribution in [0.25, 0.3) is 6.08 Å². The maximum atomic E-state index is 12.3. The monoisotopic (exact) mass is 341 g/mol. The number of carbonyl (C=O) groups is 1. The second-order valence-electron chi connectivity index (χ2n) is 4.57. The molecule has 0 N–H and O–H groups in total. The van der Waals surface area contributed by atoms with Crippen molar-refractivity contribution in [2.75, 3.05) is 13.3 Å². The first kappa shape index (κ1) is 14.7. The molecule has 2 heterocycles. The molecule has 110 valence electrons. The van der Waals surface area contributed by atoms with Crippen molar-refractivity contribution in [1.82, 2.24) is 4.90 Å². The van der Waals surface area contributed by atoms with Crippen molar-refractivity contribution in [2.45, 2.75) is 13.3 Å². The molecule has 0 spiro atoms. The molecule has 0 bridgehead atoms. The Bertz CT molecular complexity index is 660. The molecule has 1 saturated heterocycles. The van der Waals surface area contributed by atoms with E-state index in [4.69, 9.17) is 33.3 Å². The predicted octanol–water partition coefficient (Wildman–Crippen LogP) is 3.68. The number of hydrogen-bond acceptors (Lipinski definition) is 5. The molecule has 7 heteroatoms. The van der Waals surface area contributed by atoms with Crippen molar-refractivity contribution in [2.24, 2.45) is 0 Å². The third-order valence-corrected chi connectivity index (χ3v) is 4.73. The van der Waals surface area contributed by atoms with Crippen LogP contribution in [0.3, 0.4) is 0 Å². The Kier molecular flexibility index (Phi) is 4.10. The molecule has 21 heavy (non-hydrogen) atoms. The second kappa shape index (κ2) is 5.87. The number of fused-ring (bicyclic) bond motifs is 1. The van der Waals surface area contributed by atoms with Crippen molar-refractivity contribution in [3.05, 3.63) is 27.6 Å². The molecule has 0 radical (unpaired) electrons. The van der Waals surface area contributed by atoms with Crippen molar-refractivity contribution in [1.29, 1.82) is 0 Å². The molecular formula is C14H12ClNO3S2. The van der Waals surface area contributed by atoms with Crippen LogP contribution < -0.4 is 9.47 Å². The zero-order chi connectivity index (χ0) is 15.0. The van der Waals surface area contributed by atoms with E-state index in [0.717, 1.165) is 12.0 Å². The lowest BCUT2D eigenvalue weighted by Gasteiger charge is -2.11. The average Bonchev–Trinajstić information content (AvgIpc) is 3.00.